The highest BCUT2D eigenvalue weighted by molar-refractivity contribution is 5.95. The maximum absolute atomic E-state index is 12.2. The van der Waals surface area contributed by atoms with Crippen molar-refractivity contribution in [2.45, 2.75) is 13.3 Å². The zero-order valence-electron chi connectivity index (χ0n) is 13.9. The summed E-state index contributed by atoms with van der Waals surface area (Å²) in [6.45, 7) is 1.41. The number of carbonyl (C=O) groups excluding carboxylic acids is 2. The predicted octanol–water partition coefficient (Wildman–Crippen LogP) is 2.84. The molecular weight excluding hydrogens is 308 g/mol. The van der Waals surface area contributed by atoms with E-state index >= 15 is 0 Å². The molecule has 6 nitrogen and oxygen atoms in total. The summed E-state index contributed by atoms with van der Waals surface area (Å²) in [4.78, 5) is 23.4. The van der Waals surface area contributed by atoms with Gasteiger partial charge in [0, 0.05) is 12.6 Å². The average molecular weight is 328 g/mol. The third-order valence-electron chi connectivity index (χ3n) is 3.29. The average Bonchev–Trinajstić information content (AvgIpc) is 2.54. The van der Waals surface area contributed by atoms with Gasteiger partial charge in [-0.3, -0.25) is 9.59 Å². The van der Waals surface area contributed by atoms with Crippen LogP contribution in [0.5, 0.6) is 11.5 Å². The topological polar surface area (TPSA) is 76.7 Å². The van der Waals surface area contributed by atoms with Gasteiger partial charge in [-0.2, -0.15) is 0 Å². The van der Waals surface area contributed by atoms with Crippen LogP contribution < -0.4 is 20.1 Å². The molecule has 0 aliphatic rings. The Morgan fingerprint density at radius 1 is 1.00 bits per heavy atom. The Morgan fingerprint density at radius 2 is 1.79 bits per heavy atom. The van der Waals surface area contributed by atoms with Gasteiger partial charge in [-0.15, -0.1) is 0 Å². The summed E-state index contributed by atoms with van der Waals surface area (Å²) < 4.78 is 10.3. The molecule has 0 aromatic heterocycles. The Balaban J connectivity index is 2.09. The van der Waals surface area contributed by atoms with Gasteiger partial charge in [0.15, 0.2) is 0 Å². The molecule has 0 radical (unpaired) electrons. The number of hydrogen-bond acceptors (Lipinski definition) is 4. The van der Waals surface area contributed by atoms with E-state index in [9.17, 15) is 9.59 Å². The van der Waals surface area contributed by atoms with Crippen LogP contribution in [0.25, 0.3) is 0 Å². The molecule has 2 aromatic rings. The standard InChI is InChI=1S/C18H20N2O4/c1-12(21)19-16-11-14(7-8-17(16)24-3)20-18(22)10-13-5-4-6-15(9-13)23-2/h4-9,11H,10H2,1-3H3,(H,19,21)(H,20,22). The monoisotopic (exact) mass is 328 g/mol. The predicted molar refractivity (Wildman–Crippen MR) is 92.6 cm³/mol. The van der Waals surface area contributed by atoms with Crippen LogP contribution in [0.2, 0.25) is 0 Å². The van der Waals surface area contributed by atoms with Gasteiger partial charge in [0.2, 0.25) is 11.8 Å². The van der Waals surface area contributed by atoms with Crippen molar-refractivity contribution in [2.75, 3.05) is 24.9 Å². The molecule has 126 valence electrons. The molecule has 2 amide bonds. The number of methoxy groups -OCH3 is 2. The van der Waals surface area contributed by atoms with E-state index in [1.807, 2.05) is 24.3 Å². The second-order valence-corrected chi connectivity index (χ2v) is 5.17. The number of nitrogens with one attached hydrogen (secondary N) is 2. The van der Waals surface area contributed by atoms with Gasteiger partial charge in [-0.25, -0.2) is 0 Å². The summed E-state index contributed by atoms with van der Waals surface area (Å²) in [7, 11) is 3.10. The summed E-state index contributed by atoms with van der Waals surface area (Å²) in [6, 6.07) is 12.4. The summed E-state index contributed by atoms with van der Waals surface area (Å²) in [5, 5.41) is 5.48. The largest absolute Gasteiger partial charge is 0.497 e. The summed E-state index contributed by atoms with van der Waals surface area (Å²) in [5.41, 5.74) is 1.93. The van der Waals surface area contributed by atoms with Crippen LogP contribution in [0.1, 0.15) is 12.5 Å². The van der Waals surface area contributed by atoms with E-state index in [1.165, 1.54) is 14.0 Å². The minimum absolute atomic E-state index is 0.165. The van der Waals surface area contributed by atoms with E-state index in [0.29, 0.717) is 22.9 Å². The molecule has 0 spiro atoms. The van der Waals surface area contributed by atoms with E-state index in [-0.39, 0.29) is 18.2 Å². The number of anilines is 2. The third-order valence-corrected chi connectivity index (χ3v) is 3.29. The molecule has 2 aromatic carbocycles. The van der Waals surface area contributed by atoms with Crippen molar-refractivity contribution in [2.24, 2.45) is 0 Å². The van der Waals surface area contributed by atoms with Crippen LogP contribution in [0.3, 0.4) is 0 Å². The van der Waals surface area contributed by atoms with Crippen molar-refractivity contribution in [3.05, 3.63) is 48.0 Å². The van der Waals surface area contributed by atoms with E-state index in [2.05, 4.69) is 10.6 Å². The summed E-state index contributed by atoms with van der Waals surface area (Å²) >= 11 is 0. The molecule has 0 aliphatic carbocycles. The molecule has 0 heterocycles. The highest BCUT2D eigenvalue weighted by atomic mass is 16.5. The molecular formula is C18H20N2O4. The first kappa shape index (κ1) is 17.3. The number of hydrogen-bond donors (Lipinski definition) is 2. The molecule has 0 atom stereocenters. The first-order valence-electron chi connectivity index (χ1n) is 7.40. The van der Waals surface area contributed by atoms with Gasteiger partial charge >= 0.3 is 0 Å². The Bertz CT molecular complexity index is 744. The number of carbonyl (C=O) groups is 2. The van der Waals surface area contributed by atoms with Crippen molar-refractivity contribution in [3.63, 3.8) is 0 Å². The van der Waals surface area contributed by atoms with Crippen LogP contribution >= 0.6 is 0 Å². The molecule has 6 heteroatoms. The van der Waals surface area contributed by atoms with Gasteiger partial charge in [-0.1, -0.05) is 12.1 Å². The third kappa shape index (κ3) is 4.74. The fourth-order valence-electron chi connectivity index (χ4n) is 2.25. The second-order valence-electron chi connectivity index (χ2n) is 5.17. The highest BCUT2D eigenvalue weighted by Gasteiger charge is 2.09. The van der Waals surface area contributed by atoms with Crippen LogP contribution in [-0.4, -0.2) is 26.0 Å². The van der Waals surface area contributed by atoms with Crippen molar-refractivity contribution >= 4 is 23.2 Å². The van der Waals surface area contributed by atoms with Gasteiger partial charge in [0.1, 0.15) is 11.5 Å². The molecule has 0 saturated heterocycles. The smallest absolute Gasteiger partial charge is 0.228 e. The SMILES string of the molecule is COc1cccc(CC(=O)Nc2ccc(OC)c(NC(C)=O)c2)c1. The number of ether oxygens (including phenoxy) is 2. The molecule has 24 heavy (non-hydrogen) atoms. The number of benzene rings is 2. The van der Waals surface area contributed by atoms with Crippen LogP contribution in [-0.2, 0) is 16.0 Å². The molecule has 0 aliphatic heterocycles. The van der Waals surface area contributed by atoms with Crippen LogP contribution in [0.4, 0.5) is 11.4 Å². The van der Waals surface area contributed by atoms with Crippen molar-refractivity contribution < 1.29 is 19.1 Å². The van der Waals surface area contributed by atoms with Crippen molar-refractivity contribution in [1.29, 1.82) is 0 Å². The van der Waals surface area contributed by atoms with Gasteiger partial charge in [-0.05, 0) is 35.9 Å². The Morgan fingerprint density at radius 3 is 2.46 bits per heavy atom. The lowest BCUT2D eigenvalue weighted by Gasteiger charge is -2.12. The molecule has 0 bridgehead atoms. The lowest BCUT2D eigenvalue weighted by molar-refractivity contribution is -0.115. The van der Waals surface area contributed by atoms with E-state index in [4.69, 9.17) is 9.47 Å². The Kier molecular flexibility index (Phi) is 5.78. The maximum Gasteiger partial charge on any atom is 0.228 e. The van der Waals surface area contributed by atoms with Crippen LogP contribution in [0.15, 0.2) is 42.5 Å². The molecule has 0 fully saturated rings. The van der Waals surface area contributed by atoms with Crippen molar-refractivity contribution in [1.82, 2.24) is 0 Å². The lowest BCUT2D eigenvalue weighted by Crippen LogP contribution is -2.15. The first-order chi connectivity index (χ1) is 11.5. The molecule has 2 rings (SSSR count). The van der Waals surface area contributed by atoms with E-state index in [0.717, 1.165) is 5.56 Å². The second kappa shape index (κ2) is 8.01. The normalized spacial score (nSPS) is 9.96. The number of rotatable bonds is 6. The van der Waals surface area contributed by atoms with Crippen LogP contribution in [0, 0.1) is 0 Å². The van der Waals surface area contributed by atoms with Crippen molar-refractivity contribution in [3.8, 4) is 11.5 Å². The summed E-state index contributed by atoms with van der Waals surface area (Å²) in [5.74, 6) is 0.851. The van der Waals surface area contributed by atoms with E-state index < -0.39 is 0 Å². The molecule has 2 N–H and O–H groups in total. The maximum atomic E-state index is 12.2. The highest BCUT2D eigenvalue weighted by Crippen LogP contribution is 2.28. The molecule has 0 saturated carbocycles. The Hall–Kier alpha value is -3.02. The minimum Gasteiger partial charge on any atom is -0.497 e. The van der Waals surface area contributed by atoms with Gasteiger partial charge in [0.05, 0.1) is 26.3 Å². The zero-order chi connectivity index (χ0) is 17.5. The zero-order valence-corrected chi connectivity index (χ0v) is 13.9. The van der Waals surface area contributed by atoms with Gasteiger partial charge < -0.3 is 20.1 Å². The quantitative estimate of drug-likeness (QED) is 0.855. The Labute approximate surface area is 140 Å². The fourth-order valence-corrected chi connectivity index (χ4v) is 2.25. The summed E-state index contributed by atoms with van der Waals surface area (Å²) in [6.07, 6.45) is 0.221. The minimum atomic E-state index is -0.215. The van der Waals surface area contributed by atoms with E-state index in [1.54, 1.807) is 25.3 Å². The fraction of sp³-hybridized carbons (Fsp3) is 0.222. The number of amides is 2. The molecule has 0 unspecified atom stereocenters. The lowest BCUT2D eigenvalue weighted by atomic mass is 10.1. The first-order valence-corrected chi connectivity index (χ1v) is 7.40. The van der Waals surface area contributed by atoms with Gasteiger partial charge in [0.25, 0.3) is 0 Å².